The van der Waals surface area contributed by atoms with Gasteiger partial charge in [-0.1, -0.05) is 18.2 Å². The van der Waals surface area contributed by atoms with Crippen molar-refractivity contribution in [2.75, 3.05) is 35.8 Å². The molecule has 1 amide bonds. The Balaban J connectivity index is 0.000000616. The first-order valence-corrected chi connectivity index (χ1v) is 14.2. The highest BCUT2D eigenvalue weighted by Gasteiger charge is 2.38. The first kappa shape index (κ1) is 32.3. The average Bonchev–Trinajstić information content (AvgIpc) is 2.93. The van der Waals surface area contributed by atoms with Gasteiger partial charge in [0.1, 0.15) is 5.82 Å². The Labute approximate surface area is 240 Å². The molecular weight excluding hydrogens is 580 g/mol. The molecule has 3 aromatic carbocycles. The predicted octanol–water partition coefficient (Wildman–Crippen LogP) is 4.22. The first-order valence-electron chi connectivity index (χ1n) is 12.7. The highest BCUT2D eigenvalue weighted by molar-refractivity contribution is 7.92. The van der Waals surface area contributed by atoms with Crippen LogP contribution in [0.5, 0.6) is 0 Å². The van der Waals surface area contributed by atoms with E-state index in [4.69, 9.17) is 9.90 Å². The molecule has 0 bridgehead atoms. The summed E-state index contributed by atoms with van der Waals surface area (Å²) in [7, 11) is -3.88. The smallest absolute Gasteiger partial charge is 0.475 e. The Morgan fingerprint density at radius 2 is 1.64 bits per heavy atom. The molecule has 1 fully saturated rings. The molecule has 0 saturated carbocycles. The average molecular weight is 611 g/mol. The number of amides is 1. The summed E-state index contributed by atoms with van der Waals surface area (Å²) in [6, 6.07) is 16.0. The zero-order valence-corrected chi connectivity index (χ0v) is 23.6. The summed E-state index contributed by atoms with van der Waals surface area (Å²) in [4.78, 5) is 24.0. The topological polar surface area (TPSA) is 128 Å². The van der Waals surface area contributed by atoms with Crippen molar-refractivity contribution in [1.82, 2.24) is 10.6 Å². The van der Waals surface area contributed by atoms with Crippen LogP contribution in [0.3, 0.4) is 0 Å². The van der Waals surface area contributed by atoms with Gasteiger partial charge >= 0.3 is 12.1 Å². The number of alkyl halides is 3. The monoisotopic (exact) mass is 610 g/mol. The van der Waals surface area contributed by atoms with Gasteiger partial charge < -0.3 is 20.6 Å². The predicted molar refractivity (Wildman–Crippen MR) is 150 cm³/mol. The molecule has 9 nitrogen and oxygen atoms in total. The number of carbonyl (C=O) groups excluding carboxylic acids is 1. The molecule has 1 aliphatic rings. The van der Waals surface area contributed by atoms with E-state index in [1.165, 1.54) is 12.1 Å². The number of carbonyl (C=O) groups is 2. The molecule has 3 aromatic rings. The van der Waals surface area contributed by atoms with Crippen molar-refractivity contribution in [3.63, 3.8) is 0 Å². The third-order valence-corrected chi connectivity index (χ3v) is 7.70. The minimum Gasteiger partial charge on any atom is -0.475 e. The summed E-state index contributed by atoms with van der Waals surface area (Å²) >= 11 is 0. The van der Waals surface area contributed by atoms with Gasteiger partial charge in [-0.15, -0.1) is 0 Å². The first-order chi connectivity index (χ1) is 19.7. The van der Waals surface area contributed by atoms with Gasteiger partial charge in [0.25, 0.3) is 15.9 Å². The lowest BCUT2D eigenvalue weighted by atomic mass is 10.1. The normalized spacial score (nSPS) is 13.5. The highest BCUT2D eigenvalue weighted by Crippen LogP contribution is 2.30. The number of anilines is 2. The molecule has 0 aliphatic carbocycles. The van der Waals surface area contributed by atoms with Gasteiger partial charge in [0.05, 0.1) is 16.3 Å². The van der Waals surface area contributed by atoms with E-state index in [0.29, 0.717) is 35.6 Å². The Morgan fingerprint density at radius 3 is 2.24 bits per heavy atom. The van der Waals surface area contributed by atoms with Crippen LogP contribution in [-0.4, -0.2) is 57.8 Å². The molecule has 1 heterocycles. The van der Waals surface area contributed by atoms with E-state index in [1.54, 1.807) is 48.5 Å². The summed E-state index contributed by atoms with van der Waals surface area (Å²) in [6.45, 7) is 6.92. The second-order valence-electron chi connectivity index (χ2n) is 9.44. The molecule has 226 valence electrons. The van der Waals surface area contributed by atoms with Crippen LogP contribution >= 0.6 is 0 Å². The van der Waals surface area contributed by atoms with Crippen molar-refractivity contribution in [3.8, 4) is 0 Å². The van der Waals surface area contributed by atoms with Crippen LogP contribution in [0.25, 0.3) is 0 Å². The van der Waals surface area contributed by atoms with Crippen molar-refractivity contribution >= 4 is 33.3 Å². The van der Waals surface area contributed by atoms with E-state index in [0.717, 1.165) is 24.2 Å². The maximum atomic E-state index is 13.4. The Morgan fingerprint density at radius 1 is 0.976 bits per heavy atom. The summed E-state index contributed by atoms with van der Waals surface area (Å²) in [6.07, 6.45) is -5.08. The van der Waals surface area contributed by atoms with Crippen LogP contribution in [0.15, 0.2) is 65.6 Å². The van der Waals surface area contributed by atoms with E-state index < -0.39 is 22.2 Å². The van der Waals surface area contributed by atoms with Crippen molar-refractivity contribution in [3.05, 3.63) is 88.7 Å². The number of sulfonamides is 1. The molecule has 42 heavy (non-hydrogen) atoms. The lowest BCUT2D eigenvalue weighted by Crippen LogP contribution is -2.43. The summed E-state index contributed by atoms with van der Waals surface area (Å²) in [5.74, 6) is -3.51. The molecule has 0 atom stereocenters. The van der Waals surface area contributed by atoms with Gasteiger partial charge in [0.2, 0.25) is 0 Å². The second-order valence-corrected chi connectivity index (χ2v) is 11.1. The van der Waals surface area contributed by atoms with Gasteiger partial charge in [-0.2, -0.15) is 13.2 Å². The fourth-order valence-electron chi connectivity index (χ4n) is 3.96. The third kappa shape index (κ3) is 8.91. The van der Waals surface area contributed by atoms with Crippen LogP contribution in [0, 0.1) is 19.7 Å². The quantitative estimate of drug-likeness (QED) is 0.295. The number of hydrogen-bond donors (Lipinski definition) is 4. The third-order valence-electron chi connectivity index (χ3n) is 6.33. The van der Waals surface area contributed by atoms with Crippen LogP contribution < -0.4 is 20.3 Å². The summed E-state index contributed by atoms with van der Waals surface area (Å²) < 4.78 is 74.4. The minimum absolute atomic E-state index is 0.153. The number of aryl methyl sites for hydroxylation is 2. The number of carboxylic acids is 1. The number of nitrogens with one attached hydrogen (secondary N) is 3. The van der Waals surface area contributed by atoms with Gasteiger partial charge in [0, 0.05) is 38.3 Å². The van der Waals surface area contributed by atoms with E-state index in [1.807, 2.05) is 13.8 Å². The van der Waals surface area contributed by atoms with E-state index in [2.05, 4.69) is 20.3 Å². The SMILES string of the molecule is Cc1ccc(S(=O)(=O)Nc2cc(C(=O)NCc3cccc(F)c3)ccc2N2CCNCC2)cc1C.O=C(O)C(F)(F)F. The number of carboxylic acid groups (broad SMARTS) is 1. The zero-order chi connectivity index (χ0) is 31.1. The summed E-state index contributed by atoms with van der Waals surface area (Å²) in [5, 5.41) is 13.2. The Kier molecular flexibility index (Phi) is 10.5. The number of rotatable bonds is 7. The minimum atomic E-state index is -5.08. The maximum Gasteiger partial charge on any atom is 0.490 e. The van der Waals surface area contributed by atoms with Crippen LogP contribution in [0.1, 0.15) is 27.0 Å². The summed E-state index contributed by atoms with van der Waals surface area (Å²) in [5.41, 5.74) is 3.86. The lowest BCUT2D eigenvalue weighted by Gasteiger charge is -2.31. The number of aliphatic carboxylic acids is 1. The zero-order valence-electron chi connectivity index (χ0n) is 22.8. The van der Waals surface area contributed by atoms with E-state index in [-0.39, 0.29) is 23.2 Å². The van der Waals surface area contributed by atoms with Gasteiger partial charge in [-0.3, -0.25) is 9.52 Å². The Bertz CT molecular complexity index is 1540. The molecule has 1 aliphatic heterocycles. The van der Waals surface area contributed by atoms with Crippen LogP contribution in [0.2, 0.25) is 0 Å². The van der Waals surface area contributed by atoms with E-state index in [9.17, 15) is 30.8 Å². The molecule has 1 saturated heterocycles. The second kappa shape index (κ2) is 13.7. The van der Waals surface area contributed by atoms with Crippen molar-refractivity contribution in [1.29, 1.82) is 0 Å². The number of nitrogens with zero attached hydrogens (tertiary/aromatic N) is 1. The van der Waals surface area contributed by atoms with Gasteiger partial charge in [0.15, 0.2) is 0 Å². The van der Waals surface area contributed by atoms with Crippen molar-refractivity contribution in [2.45, 2.75) is 31.5 Å². The molecule has 0 spiro atoms. The molecule has 0 aromatic heterocycles. The number of benzene rings is 3. The van der Waals surface area contributed by atoms with Gasteiger partial charge in [-0.25, -0.2) is 17.6 Å². The number of halogens is 4. The molecule has 4 N–H and O–H groups in total. The van der Waals surface area contributed by atoms with Crippen LogP contribution in [-0.2, 0) is 21.4 Å². The van der Waals surface area contributed by atoms with Crippen LogP contribution in [0.4, 0.5) is 28.9 Å². The maximum absolute atomic E-state index is 13.4. The molecule has 4 rings (SSSR count). The van der Waals surface area contributed by atoms with Crippen molar-refractivity contribution in [2.24, 2.45) is 0 Å². The lowest BCUT2D eigenvalue weighted by molar-refractivity contribution is -0.192. The molecule has 0 radical (unpaired) electrons. The standard InChI is InChI=1S/C26H29FN4O3S.C2HF3O2/c1-18-6-8-23(14-19(18)2)35(33,34)30-24-16-21(7-9-25(24)31-12-10-28-11-13-31)26(32)29-17-20-4-3-5-22(27)15-20;3-2(4,5)1(6)7/h3-9,14-16,28,30H,10-13,17H2,1-2H3,(H,29,32);(H,6,7). The number of piperazine rings is 1. The molecule has 0 unspecified atom stereocenters. The Hall–Kier alpha value is -4.17. The van der Waals surface area contributed by atoms with Crippen molar-refractivity contribution < 1.29 is 40.7 Å². The molecular formula is C28H30F4N4O5S. The largest absolute Gasteiger partial charge is 0.490 e. The number of hydrogen-bond acceptors (Lipinski definition) is 6. The highest BCUT2D eigenvalue weighted by atomic mass is 32.2. The fourth-order valence-corrected chi connectivity index (χ4v) is 5.11. The fraction of sp³-hybridized carbons (Fsp3) is 0.286. The van der Waals surface area contributed by atoms with E-state index >= 15 is 0 Å². The molecule has 14 heteroatoms. The van der Waals surface area contributed by atoms with Gasteiger partial charge in [-0.05, 0) is 73.0 Å².